The molecule has 0 aromatic rings. The zero-order valence-corrected chi connectivity index (χ0v) is 9.06. The first-order chi connectivity index (χ1) is 5.15. The molecule has 0 saturated heterocycles. The molecule has 0 aliphatic rings. The normalized spacial score (nSPS) is 13.8. The molecule has 1 heteroatoms. The van der Waals surface area contributed by atoms with Crippen LogP contribution in [0.3, 0.4) is 0 Å². The number of allylic oxidation sites excluding steroid dienone is 2. The number of hydrogen-bond donors (Lipinski definition) is 0. The molecule has 70 valence electrons. The van der Waals surface area contributed by atoms with E-state index in [9.17, 15) is 4.79 Å². The van der Waals surface area contributed by atoms with Crippen molar-refractivity contribution in [3.8, 4) is 0 Å². The summed E-state index contributed by atoms with van der Waals surface area (Å²) in [6.45, 7) is 11.9. The predicted molar refractivity (Wildman–Crippen MR) is 53.1 cm³/mol. The summed E-state index contributed by atoms with van der Waals surface area (Å²) in [5.74, 6) is 0.211. The van der Waals surface area contributed by atoms with Crippen molar-refractivity contribution in [3.63, 3.8) is 0 Å². The molecule has 12 heavy (non-hydrogen) atoms. The van der Waals surface area contributed by atoms with E-state index in [0.717, 1.165) is 0 Å². The van der Waals surface area contributed by atoms with Crippen molar-refractivity contribution in [1.29, 1.82) is 0 Å². The van der Waals surface area contributed by atoms with Gasteiger partial charge in [-0.2, -0.15) is 0 Å². The Morgan fingerprint density at radius 2 is 1.42 bits per heavy atom. The maximum absolute atomic E-state index is 11.1. The van der Waals surface area contributed by atoms with Gasteiger partial charge in [-0.05, 0) is 26.2 Å². The Morgan fingerprint density at radius 3 is 1.67 bits per heavy atom. The average Bonchev–Trinajstić information content (AvgIpc) is 1.82. The highest BCUT2D eigenvalue weighted by molar-refractivity contribution is 5.83. The molecule has 0 radical (unpaired) electrons. The van der Waals surface area contributed by atoms with Crippen molar-refractivity contribution in [2.45, 2.75) is 41.5 Å². The van der Waals surface area contributed by atoms with Crippen LogP contribution in [0, 0.1) is 10.8 Å². The van der Waals surface area contributed by atoms with E-state index in [0.29, 0.717) is 0 Å². The summed E-state index contributed by atoms with van der Waals surface area (Å²) in [5, 5.41) is 0. The van der Waals surface area contributed by atoms with Gasteiger partial charge in [-0.15, -0.1) is 0 Å². The van der Waals surface area contributed by atoms with E-state index < -0.39 is 0 Å². The third-order valence-corrected chi connectivity index (χ3v) is 1.91. The summed E-state index contributed by atoms with van der Waals surface area (Å²) in [6, 6.07) is 0. The average molecular weight is 168 g/mol. The maximum Gasteiger partial charge on any atom is 0.139 e. The zero-order valence-electron chi connectivity index (χ0n) is 9.06. The Hall–Kier alpha value is -0.590. The Labute approximate surface area is 75.9 Å². The molecular weight excluding hydrogens is 148 g/mol. The number of rotatable bonds is 2. The summed E-state index contributed by atoms with van der Waals surface area (Å²) in [6.07, 6.45) is 4.09. The molecule has 1 nitrogen and oxygen atoms in total. The second-order valence-electron chi connectivity index (χ2n) is 4.98. The first-order valence-corrected chi connectivity index (χ1v) is 4.36. The van der Waals surface area contributed by atoms with Crippen molar-refractivity contribution in [2.24, 2.45) is 10.8 Å². The van der Waals surface area contributed by atoms with E-state index in [2.05, 4.69) is 26.8 Å². The molecule has 0 N–H and O–H groups in total. The Bertz CT molecular complexity index is 192. The molecule has 0 heterocycles. The number of ketones is 1. The van der Waals surface area contributed by atoms with E-state index in [1.807, 2.05) is 19.9 Å². The van der Waals surface area contributed by atoms with Crippen molar-refractivity contribution < 1.29 is 4.79 Å². The fourth-order valence-electron chi connectivity index (χ4n) is 0.576. The molecule has 0 fully saturated rings. The number of carbonyl (C=O) groups is 1. The van der Waals surface area contributed by atoms with Crippen molar-refractivity contribution in [3.05, 3.63) is 12.2 Å². The van der Waals surface area contributed by atoms with E-state index in [-0.39, 0.29) is 16.6 Å². The quantitative estimate of drug-likeness (QED) is 0.579. The molecule has 0 spiro atoms. The zero-order chi connectivity index (χ0) is 9.99. The molecule has 0 atom stereocenters. The van der Waals surface area contributed by atoms with Crippen LogP contribution in [-0.4, -0.2) is 5.78 Å². The molecular formula is C11H20O. The van der Waals surface area contributed by atoms with Crippen LogP contribution < -0.4 is 0 Å². The van der Waals surface area contributed by atoms with Crippen LogP contribution in [0.1, 0.15) is 41.5 Å². The van der Waals surface area contributed by atoms with Crippen molar-refractivity contribution in [2.75, 3.05) is 0 Å². The SMILES string of the molecule is CC(=O)C(C)(C)/C=C/C(C)(C)C. The van der Waals surface area contributed by atoms with E-state index in [1.165, 1.54) is 0 Å². The van der Waals surface area contributed by atoms with Gasteiger partial charge in [0.2, 0.25) is 0 Å². The summed E-state index contributed by atoms with van der Waals surface area (Å²) >= 11 is 0. The van der Waals surface area contributed by atoms with Gasteiger partial charge in [0.1, 0.15) is 5.78 Å². The second kappa shape index (κ2) is 3.42. The molecule has 0 aromatic heterocycles. The minimum Gasteiger partial charge on any atom is -0.299 e. The van der Waals surface area contributed by atoms with Gasteiger partial charge in [-0.1, -0.05) is 32.9 Å². The van der Waals surface area contributed by atoms with Gasteiger partial charge < -0.3 is 0 Å². The minimum absolute atomic E-state index is 0.159. The molecule has 0 amide bonds. The summed E-state index contributed by atoms with van der Waals surface area (Å²) in [4.78, 5) is 11.1. The lowest BCUT2D eigenvalue weighted by molar-refractivity contribution is -0.122. The first-order valence-electron chi connectivity index (χ1n) is 4.36. The van der Waals surface area contributed by atoms with Crippen LogP contribution in [0.5, 0.6) is 0 Å². The van der Waals surface area contributed by atoms with E-state index >= 15 is 0 Å². The molecule has 0 rings (SSSR count). The maximum atomic E-state index is 11.1. The van der Waals surface area contributed by atoms with Crippen LogP contribution >= 0.6 is 0 Å². The topological polar surface area (TPSA) is 17.1 Å². The molecule has 0 bridgehead atoms. The van der Waals surface area contributed by atoms with Crippen molar-refractivity contribution >= 4 is 5.78 Å². The smallest absolute Gasteiger partial charge is 0.139 e. The summed E-state index contributed by atoms with van der Waals surface area (Å²) < 4.78 is 0. The van der Waals surface area contributed by atoms with Crippen LogP contribution in [-0.2, 0) is 4.79 Å². The monoisotopic (exact) mass is 168 g/mol. The second-order valence-corrected chi connectivity index (χ2v) is 4.98. The van der Waals surface area contributed by atoms with Gasteiger partial charge in [0.15, 0.2) is 0 Å². The Morgan fingerprint density at radius 1 is 1.00 bits per heavy atom. The standard InChI is InChI=1S/C11H20O/c1-9(12)11(5,6)8-7-10(2,3)4/h7-8H,1-6H3/b8-7+. The summed E-state index contributed by atoms with van der Waals surface area (Å²) in [7, 11) is 0. The fraction of sp³-hybridized carbons (Fsp3) is 0.727. The van der Waals surface area contributed by atoms with E-state index in [4.69, 9.17) is 0 Å². The van der Waals surface area contributed by atoms with Crippen LogP contribution in [0.4, 0.5) is 0 Å². The lowest BCUT2D eigenvalue weighted by Gasteiger charge is -2.19. The number of hydrogen-bond acceptors (Lipinski definition) is 1. The van der Waals surface area contributed by atoms with Crippen molar-refractivity contribution in [1.82, 2.24) is 0 Å². The molecule has 0 unspecified atom stereocenters. The Balaban J connectivity index is 4.45. The predicted octanol–water partition coefficient (Wildman–Crippen LogP) is 3.20. The lowest BCUT2D eigenvalue weighted by atomic mass is 9.85. The van der Waals surface area contributed by atoms with Gasteiger partial charge in [-0.3, -0.25) is 4.79 Å². The third-order valence-electron chi connectivity index (χ3n) is 1.91. The van der Waals surface area contributed by atoms with Crippen LogP contribution in [0.25, 0.3) is 0 Å². The number of Topliss-reactive ketones (excluding diaryl/α,β-unsaturated/α-hetero) is 1. The first kappa shape index (κ1) is 11.4. The largest absolute Gasteiger partial charge is 0.299 e. The fourth-order valence-corrected chi connectivity index (χ4v) is 0.576. The highest BCUT2D eigenvalue weighted by Crippen LogP contribution is 2.23. The van der Waals surface area contributed by atoms with Gasteiger partial charge in [0, 0.05) is 5.41 Å². The number of carbonyl (C=O) groups excluding carboxylic acids is 1. The van der Waals surface area contributed by atoms with Gasteiger partial charge in [0.25, 0.3) is 0 Å². The Kier molecular flexibility index (Phi) is 3.25. The molecule has 0 aliphatic heterocycles. The van der Waals surface area contributed by atoms with Crippen LogP contribution in [0.2, 0.25) is 0 Å². The lowest BCUT2D eigenvalue weighted by Crippen LogP contribution is -2.18. The summed E-state index contributed by atoms with van der Waals surface area (Å²) in [5.41, 5.74) is -0.153. The van der Waals surface area contributed by atoms with Gasteiger partial charge in [-0.25, -0.2) is 0 Å². The third kappa shape index (κ3) is 4.32. The molecule has 0 aromatic carbocycles. The van der Waals surface area contributed by atoms with Crippen LogP contribution in [0.15, 0.2) is 12.2 Å². The highest BCUT2D eigenvalue weighted by atomic mass is 16.1. The molecule has 0 saturated carbocycles. The van der Waals surface area contributed by atoms with E-state index in [1.54, 1.807) is 6.92 Å². The highest BCUT2D eigenvalue weighted by Gasteiger charge is 2.20. The molecule has 0 aliphatic carbocycles. The minimum atomic E-state index is -0.312. The van der Waals surface area contributed by atoms with Gasteiger partial charge >= 0.3 is 0 Å². The van der Waals surface area contributed by atoms with Gasteiger partial charge in [0.05, 0.1) is 0 Å².